The van der Waals surface area contributed by atoms with Crippen LogP contribution in [0.4, 0.5) is 8.78 Å². The fraction of sp³-hybridized carbons (Fsp3) is 0.417. The van der Waals surface area contributed by atoms with Crippen LogP contribution in [0.15, 0.2) is 24.3 Å². The molecule has 0 radical (unpaired) electrons. The summed E-state index contributed by atoms with van der Waals surface area (Å²) in [5, 5.41) is 11.3. The highest BCUT2D eigenvalue weighted by molar-refractivity contribution is 5.81. The molecule has 0 unspecified atom stereocenters. The Morgan fingerprint density at radius 3 is 2.61 bits per heavy atom. The van der Waals surface area contributed by atoms with Gasteiger partial charge in [-0.2, -0.15) is 0 Å². The topological polar surface area (TPSA) is 75.4 Å². The van der Waals surface area contributed by atoms with E-state index in [1.165, 1.54) is 18.2 Å². The molecule has 1 rings (SSSR count). The maximum Gasteiger partial charge on any atom is 0.263 e. The van der Waals surface area contributed by atoms with Crippen LogP contribution in [0.3, 0.4) is 0 Å². The van der Waals surface area contributed by atoms with Crippen LogP contribution in [-0.2, 0) is 4.79 Å². The van der Waals surface area contributed by atoms with Gasteiger partial charge in [-0.05, 0) is 18.6 Å². The number of rotatable bonds is 5. The fourth-order valence-corrected chi connectivity index (χ4v) is 1.45. The minimum absolute atomic E-state index is 0.0972. The number of carbonyl (C=O) groups is 1. The monoisotopic (exact) mass is 258 g/mol. The molecule has 1 amide bonds. The first-order chi connectivity index (χ1) is 8.45. The van der Waals surface area contributed by atoms with Crippen molar-refractivity contribution in [3.8, 4) is 0 Å². The third-order valence-electron chi connectivity index (χ3n) is 2.55. The average Bonchev–Trinajstić information content (AvgIpc) is 2.37. The zero-order chi connectivity index (χ0) is 13.7. The number of nitrogens with two attached hydrogens (primary N) is 1. The minimum atomic E-state index is -2.55. The number of hydrogen-bond acceptors (Lipinski definition) is 3. The number of benzene rings is 1. The fourth-order valence-electron chi connectivity index (χ4n) is 1.45. The van der Waals surface area contributed by atoms with Gasteiger partial charge in [-0.15, -0.1) is 0 Å². The van der Waals surface area contributed by atoms with Crippen LogP contribution in [0.2, 0.25) is 0 Å². The average molecular weight is 258 g/mol. The molecule has 1 aromatic rings. The largest absolute Gasteiger partial charge is 0.394 e. The molecule has 0 saturated heterocycles. The van der Waals surface area contributed by atoms with Crippen molar-refractivity contribution in [3.63, 3.8) is 0 Å². The predicted octanol–water partition coefficient (Wildman–Crippen LogP) is 1.12. The number of aliphatic hydroxyl groups is 1. The number of carbonyl (C=O) groups excluding carboxylic acids is 1. The van der Waals surface area contributed by atoms with Crippen molar-refractivity contribution < 1.29 is 18.7 Å². The van der Waals surface area contributed by atoms with Gasteiger partial charge in [-0.1, -0.05) is 18.2 Å². The molecule has 18 heavy (non-hydrogen) atoms. The van der Waals surface area contributed by atoms with E-state index < -0.39 is 31.0 Å². The van der Waals surface area contributed by atoms with E-state index in [4.69, 9.17) is 10.8 Å². The van der Waals surface area contributed by atoms with E-state index in [9.17, 15) is 13.6 Å². The molecule has 0 heterocycles. The first-order valence-electron chi connectivity index (χ1n) is 5.50. The number of alkyl halides is 2. The highest BCUT2D eigenvalue weighted by atomic mass is 19.3. The maximum atomic E-state index is 12.5. The van der Waals surface area contributed by atoms with Crippen molar-refractivity contribution in [1.82, 2.24) is 5.32 Å². The number of nitrogens with one attached hydrogen (secondary N) is 1. The molecule has 0 bridgehead atoms. The Bertz CT molecular complexity index is 413. The SMILES string of the molecule is C[C@@H](NC(=O)[C@H](N)CO)c1cccc(C(F)F)c1. The number of aliphatic hydroxyl groups excluding tert-OH is 1. The van der Waals surface area contributed by atoms with Crippen molar-refractivity contribution in [1.29, 1.82) is 0 Å². The van der Waals surface area contributed by atoms with Crippen LogP contribution in [0.5, 0.6) is 0 Å². The molecule has 6 heteroatoms. The smallest absolute Gasteiger partial charge is 0.263 e. The Morgan fingerprint density at radius 2 is 2.06 bits per heavy atom. The number of amides is 1. The van der Waals surface area contributed by atoms with Crippen molar-refractivity contribution in [2.24, 2.45) is 5.73 Å². The molecule has 4 N–H and O–H groups in total. The highest BCUT2D eigenvalue weighted by Crippen LogP contribution is 2.22. The predicted molar refractivity (Wildman–Crippen MR) is 63.0 cm³/mol. The Morgan fingerprint density at radius 1 is 1.44 bits per heavy atom. The first kappa shape index (κ1) is 14.5. The van der Waals surface area contributed by atoms with Crippen molar-refractivity contribution in [3.05, 3.63) is 35.4 Å². The molecule has 2 atom stereocenters. The molecule has 4 nitrogen and oxygen atoms in total. The molecule has 0 aliphatic carbocycles. The van der Waals surface area contributed by atoms with Crippen molar-refractivity contribution in [2.45, 2.75) is 25.4 Å². The normalized spacial score (nSPS) is 14.3. The van der Waals surface area contributed by atoms with Crippen LogP contribution in [0.25, 0.3) is 0 Å². The third kappa shape index (κ3) is 3.75. The van der Waals surface area contributed by atoms with E-state index in [-0.39, 0.29) is 5.56 Å². The Balaban J connectivity index is 2.75. The molecule has 0 aliphatic heterocycles. The lowest BCUT2D eigenvalue weighted by atomic mass is 10.0. The van der Waals surface area contributed by atoms with Crippen LogP contribution in [0, 0.1) is 0 Å². The van der Waals surface area contributed by atoms with Gasteiger partial charge in [-0.3, -0.25) is 4.79 Å². The lowest BCUT2D eigenvalue weighted by molar-refractivity contribution is -0.123. The number of halogens is 2. The standard InChI is InChI=1S/C12H16F2N2O2/c1-7(16-12(18)10(15)6-17)8-3-2-4-9(5-8)11(13)14/h2-5,7,10-11,17H,6,15H2,1H3,(H,16,18)/t7-,10-/m1/s1. The second kappa shape index (κ2) is 6.42. The van der Waals surface area contributed by atoms with Crippen LogP contribution < -0.4 is 11.1 Å². The van der Waals surface area contributed by atoms with Gasteiger partial charge in [0.1, 0.15) is 6.04 Å². The Kier molecular flexibility index (Phi) is 5.18. The quantitative estimate of drug-likeness (QED) is 0.741. The van der Waals surface area contributed by atoms with Gasteiger partial charge in [0.25, 0.3) is 6.43 Å². The summed E-state index contributed by atoms with van der Waals surface area (Å²) < 4.78 is 25.0. The second-order valence-corrected chi connectivity index (χ2v) is 3.99. The zero-order valence-electron chi connectivity index (χ0n) is 9.94. The van der Waals surface area contributed by atoms with E-state index >= 15 is 0 Å². The molecule has 100 valence electrons. The molecule has 0 aliphatic rings. The van der Waals surface area contributed by atoms with Gasteiger partial charge < -0.3 is 16.2 Å². The Hall–Kier alpha value is -1.53. The summed E-state index contributed by atoms with van der Waals surface area (Å²) in [6, 6.07) is 4.34. The van der Waals surface area contributed by atoms with E-state index in [2.05, 4.69) is 5.32 Å². The van der Waals surface area contributed by atoms with Crippen molar-refractivity contribution in [2.75, 3.05) is 6.61 Å². The molecular weight excluding hydrogens is 242 g/mol. The molecule has 1 aromatic carbocycles. The summed E-state index contributed by atoms with van der Waals surface area (Å²) in [6.45, 7) is 1.20. The van der Waals surface area contributed by atoms with Gasteiger partial charge in [0.05, 0.1) is 12.6 Å². The molecule has 0 spiro atoms. The van der Waals surface area contributed by atoms with Gasteiger partial charge >= 0.3 is 0 Å². The summed E-state index contributed by atoms with van der Waals surface area (Å²) in [7, 11) is 0. The Labute approximate surface area is 104 Å². The maximum absolute atomic E-state index is 12.5. The van der Waals surface area contributed by atoms with E-state index in [1.807, 2.05) is 0 Å². The third-order valence-corrected chi connectivity index (χ3v) is 2.55. The van der Waals surface area contributed by atoms with Gasteiger partial charge in [0.2, 0.25) is 5.91 Å². The van der Waals surface area contributed by atoms with Crippen molar-refractivity contribution >= 4 is 5.91 Å². The summed E-state index contributed by atoms with van der Waals surface area (Å²) in [5.74, 6) is -0.521. The van der Waals surface area contributed by atoms with Gasteiger partial charge in [0.15, 0.2) is 0 Å². The van der Waals surface area contributed by atoms with E-state index in [1.54, 1.807) is 13.0 Å². The zero-order valence-corrected chi connectivity index (χ0v) is 9.94. The summed E-state index contributed by atoms with van der Waals surface area (Å²) >= 11 is 0. The van der Waals surface area contributed by atoms with Crippen LogP contribution >= 0.6 is 0 Å². The molecule has 0 saturated carbocycles. The van der Waals surface area contributed by atoms with E-state index in [0.29, 0.717) is 5.56 Å². The summed E-state index contributed by atoms with van der Waals surface area (Å²) in [4.78, 5) is 11.4. The number of hydrogen-bond donors (Lipinski definition) is 3. The lowest BCUT2D eigenvalue weighted by Gasteiger charge is -2.17. The molecule has 0 fully saturated rings. The summed E-state index contributed by atoms with van der Waals surface area (Å²) in [5.41, 5.74) is 5.80. The molecular formula is C12H16F2N2O2. The second-order valence-electron chi connectivity index (χ2n) is 3.99. The van der Waals surface area contributed by atoms with Crippen LogP contribution in [0.1, 0.15) is 30.5 Å². The lowest BCUT2D eigenvalue weighted by Crippen LogP contribution is -2.43. The van der Waals surface area contributed by atoms with Gasteiger partial charge in [0, 0.05) is 5.56 Å². The minimum Gasteiger partial charge on any atom is -0.394 e. The van der Waals surface area contributed by atoms with Gasteiger partial charge in [-0.25, -0.2) is 8.78 Å². The molecule has 0 aromatic heterocycles. The highest BCUT2D eigenvalue weighted by Gasteiger charge is 2.16. The first-order valence-corrected chi connectivity index (χ1v) is 5.50. The van der Waals surface area contributed by atoms with E-state index in [0.717, 1.165) is 0 Å². The summed E-state index contributed by atoms with van der Waals surface area (Å²) in [6.07, 6.45) is -2.55. The van der Waals surface area contributed by atoms with Crippen LogP contribution in [-0.4, -0.2) is 23.7 Å².